The minimum atomic E-state index is -1.01. The third-order valence-electron chi connectivity index (χ3n) is 5.78. The number of nitrogens with zero attached hydrogens (tertiary/aromatic N) is 5. The summed E-state index contributed by atoms with van der Waals surface area (Å²) in [4.78, 5) is 29.1. The predicted molar refractivity (Wildman–Crippen MR) is 138 cm³/mol. The van der Waals surface area contributed by atoms with Crippen LogP contribution in [0.2, 0.25) is 0 Å². The number of amides is 1. The van der Waals surface area contributed by atoms with Gasteiger partial charge in [-0.15, -0.1) is 5.10 Å². The van der Waals surface area contributed by atoms with E-state index >= 15 is 0 Å². The second-order valence-corrected chi connectivity index (χ2v) is 8.67. The fraction of sp³-hybridized carbons (Fsp3) is 0.346. The molecule has 3 aromatic heterocycles. The molecule has 12 heteroatoms. The molecule has 1 aromatic carbocycles. The van der Waals surface area contributed by atoms with Crippen molar-refractivity contribution in [1.82, 2.24) is 24.4 Å². The summed E-state index contributed by atoms with van der Waals surface area (Å²) in [6.45, 7) is 5.69. The van der Waals surface area contributed by atoms with Crippen LogP contribution in [0, 0.1) is 13.8 Å². The Labute approximate surface area is 218 Å². The number of ether oxygens (including phenoxy) is 2. The number of carboxylic acid groups (broad SMARTS) is 1. The number of nitrogens with one attached hydrogen (secondary N) is 1. The van der Waals surface area contributed by atoms with Gasteiger partial charge in [-0.1, -0.05) is 11.3 Å². The summed E-state index contributed by atoms with van der Waals surface area (Å²) in [5, 5.41) is 29.3. The molecular formula is C26H30N6O6. The molecule has 3 N–H and O–H groups in total. The first-order valence-electron chi connectivity index (χ1n) is 12.1. The van der Waals surface area contributed by atoms with Crippen molar-refractivity contribution in [3.63, 3.8) is 0 Å². The molecule has 0 spiro atoms. The van der Waals surface area contributed by atoms with Gasteiger partial charge in [0, 0.05) is 28.8 Å². The summed E-state index contributed by atoms with van der Waals surface area (Å²) in [5.74, 6) is -1.35. The van der Waals surface area contributed by atoms with E-state index in [1.807, 2.05) is 24.3 Å². The van der Waals surface area contributed by atoms with Gasteiger partial charge in [-0.3, -0.25) is 9.59 Å². The molecule has 1 amide bonds. The Morgan fingerprint density at radius 1 is 1.05 bits per heavy atom. The Balaban J connectivity index is 1.47. The SMILES string of the molecule is Cc1cc(C)n2ccc(C(=O)Nc3ccc(-c4cn(CCOCCOCCO)nn4)c(CC(=O)O)c3)c2n1. The number of carbonyl (C=O) groups is 2. The van der Waals surface area contributed by atoms with Crippen molar-refractivity contribution in [2.24, 2.45) is 0 Å². The van der Waals surface area contributed by atoms with Gasteiger partial charge in [-0.2, -0.15) is 0 Å². The third kappa shape index (κ3) is 6.59. The number of hydrogen-bond donors (Lipinski definition) is 3. The van der Waals surface area contributed by atoms with Gasteiger partial charge < -0.3 is 29.4 Å². The van der Waals surface area contributed by atoms with E-state index in [0.29, 0.717) is 60.1 Å². The molecule has 200 valence electrons. The summed E-state index contributed by atoms with van der Waals surface area (Å²) in [6, 6.07) is 8.71. The number of fused-ring (bicyclic) bond motifs is 1. The number of aliphatic carboxylic acids is 1. The molecule has 0 aliphatic heterocycles. The van der Waals surface area contributed by atoms with E-state index in [1.165, 1.54) is 0 Å². The lowest BCUT2D eigenvalue weighted by Crippen LogP contribution is -2.13. The largest absolute Gasteiger partial charge is 0.481 e. The molecule has 0 aliphatic carbocycles. The zero-order chi connectivity index (χ0) is 27.1. The molecule has 0 bridgehead atoms. The van der Waals surface area contributed by atoms with Gasteiger partial charge in [0.1, 0.15) is 11.3 Å². The molecule has 4 aromatic rings. The average Bonchev–Trinajstić information content (AvgIpc) is 3.51. The standard InChI is InChI=1S/C26H30N6O6/c1-17-13-18(2)32-6-5-22(25(32)27-17)26(36)28-20-3-4-21(19(14-20)15-24(34)35)23-16-31(30-29-23)7-9-37-11-12-38-10-8-33/h3-6,13-14,16,33H,7-12,15H2,1-2H3,(H,28,36)(H,34,35). The molecule has 3 heterocycles. The van der Waals surface area contributed by atoms with Crippen molar-refractivity contribution in [2.45, 2.75) is 26.8 Å². The van der Waals surface area contributed by atoms with Crippen LogP contribution < -0.4 is 5.32 Å². The minimum absolute atomic E-state index is 0.0274. The van der Waals surface area contributed by atoms with E-state index < -0.39 is 5.97 Å². The van der Waals surface area contributed by atoms with Crippen molar-refractivity contribution >= 4 is 23.2 Å². The molecule has 12 nitrogen and oxygen atoms in total. The first-order chi connectivity index (χ1) is 18.4. The Morgan fingerprint density at radius 3 is 2.61 bits per heavy atom. The van der Waals surface area contributed by atoms with Crippen LogP contribution in [0.3, 0.4) is 0 Å². The zero-order valence-electron chi connectivity index (χ0n) is 21.3. The van der Waals surface area contributed by atoms with Gasteiger partial charge in [0.15, 0.2) is 0 Å². The molecule has 0 atom stereocenters. The van der Waals surface area contributed by atoms with Crippen molar-refractivity contribution < 1.29 is 29.3 Å². The highest BCUT2D eigenvalue weighted by molar-refractivity contribution is 6.08. The van der Waals surface area contributed by atoms with Crippen LogP contribution >= 0.6 is 0 Å². The molecule has 0 aliphatic rings. The van der Waals surface area contributed by atoms with E-state index in [2.05, 4.69) is 20.6 Å². The van der Waals surface area contributed by atoms with Crippen LogP contribution in [-0.2, 0) is 27.2 Å². The number of hydrogen-bond acceptors (Lipinski definition) is 8. The number of benzene rings is 1. The second kappa shape index (κ2) is 12.4. The molecule has 0 radical (unpaired) electrons. The predicted octanol–water partition coefficient (Wildman–Crippen LogP) is 2.11. The third-order valence-corrected chi connectivity index (χ3v) is 5.78. The second-order valence-electron chi connectivity index (χ2n) is 8.67. The molecule has 0 fully saturated rings. The number of carbonyl (C=O) groups excluding carboxylic acids is 1. The fourth-order valence-corrected chi connectivity index (χ4v) is 4.08. The summed E-state index contributed by atoms with van der Waals surface area (Å²) in [7, 11) is 0. The quantitative estimate of drug-likeness (QED) is 0.224. The number of anilines is 1. The number of aromatic nitrogens is 5. The van der Waals surface area contributed by atoms with Gasteiger partial charge in [-0.25, -0.2) is 9.67 Å². The van der Waals surface area contributed by atoms with Crippen LogP contribution in [0.25, 0.3) is 16.9 Å². The molecule has 0 saturated carbocycles. The van der Waals surface area contributed by atoms with Crippen LogP contribution in [0.1, 0.15) is 27.3 Å². The molecule has 4 rings (SSSR count). The lowest BCUT2D eigenvalue weighted by Gasteiger charge is -2.10. The van der Waals surface area contributed by atoms with Crippen LogP contribution in [0.5, 0.6) is 0 Å². The highest BCUT2D eigenvalue weighted by Crippen LogP contribution is 2.26. The van der Waals surface area contributed by atoms with Gasteiger partial charge >= 0.3 is 5.97 Å². The van der Waals surface area contributed by atoms with E-state index in [4.69, 9.17) is 14.6 Å². The smallest absolute Gasteiger partial charge is 0.307 e. The Morgan fingerprint density at radius 2 is 1.84 bits per heavy atom. The first kappa shape index (κ1) is 26.9. The Bertz CT molecular complexity index is 1430. The number of aliphatic hydroxyl groups excluding tert-OH is 1. The van der Waals surface area contributed by atoms with Crippen molar-refractivity contribution in [2.75, 3.05) is 38.4 Å². The maximum absolute atomic E-state index is 13.1. The number of rotatable bonds is 13. The monoisotopic (exact) mass is 522 g/mol. The molecule has 0 unspecified atom stereocenters. The van der Waals surface area contributed by atoms with Crippen LogP contribution in [0.15, 0.2) is 42.7 Å². The highest BCUT2D eigenvalue weighted by Gasteiger charge is 2.17. The molecule has 0 saturated heterocycles. The van der Waals surface area contributed by atoms with E-state index in [1.54, 1.807) is 41.3 Å². The zero-order valence-corrected chi connectivity index (χ0v) is 21.3. The van der Waals surface area contributed by atoms with Gasteiger partial charge in [0.05, 0.1) is 57.8 Å². The van der Waals surface area contributed by atoms with E-state index in [-0.39, 0.29) is 25.5 Å². The highest BCUT2D eigenvalue weighted by atomic mass is 16.5. The van der Waals surface area contributed by atoms with Crippen LogP contribution in [-0.4, -0.2) is 79.5 Å². The fourth-order valence-electron chi connectivity index (χ4n) is 4.08. The van der Waals surface area contributed by atoms with E-state index in [9.17, 15) is 14.7 Å². The number of aryl methyl sites for hydroxylation is 2. The van der Waals surface area contributed by atoms with E-state index in [0.717, 1.165) is 11.4 Å². The molecule has 38 heavy (non-hydrogen) atoms. The first-order valence-corrected chi connectivity index (χ1v) is 12.1. The van der Waals surface area contributed by atoms with Gasteiger partial charge in [0.2, 0.25) is 0 Å². The van der Waals surface area contributed by atoms with Crippen molar-refractivity contribution in [3.05, 3.63) is 65.2 Å². The summed E-state index contributed by atoms with van der Waals surface area (Å²) < 4.78 is 14.1. The lowest BCUT2D eigenvalue weighted by molar-refractivity contribution is -0.136. The normalized spacial score (nSPS) is 11.2. The topological polar surface area (TPSA) is 153 Å². The van der Waals surface area contributed by atoms with Gasteiger partial charge in [0.25, 0.3) is 5.91 Å². The average molecular weight is 523 g/mol. The summed E-state index contributed by atoms with van der Waals surface area (Å²) in [5.41, 5.74) is 4.82. The van der Waals surface area contributed by atoms with Gasteiger partial charge in [-0.05, 0) is 43.7 Å². The Hall–Kier alpha value is -4.13. The maximum Gasteiger partial charge on any atom is 0.307 e. The minimum Gasteiger partial charge on any atom is -0.481 e. The summed E-state index contributed by atoms with van der Waals surface area (Å²) in [6.07, 6.45) is 3.26. The van der Waals surface area contributed by atoms with Crippen molar-refractivity contribution in [1.29, 1.82) is 0 Å². The number of aliphatic hydroxyl groups is 1. The lowest BCUT2D eigenvalue weighted by atomic mass is 10.0. The molecular weight excluding hydrogens is 492 g/mol. The maximum atomic E-state index is 13.1. The summed E-state index contributed by atoms with van der Waals surface area (Å²) >= 11 is 0. The van der Waals surface area contributed by atoms with Crippen molar-refractivity contribution in [3.8, 4) is 11.3 Å². The number of carboxylic acids is 1. The Kier molecular flexibility index (Phi) is 8.79. The van der Waals surface area contributed by atoms with Crippen LogP contribution in [0.4, 0.5) is 5.69 Å².